The SMILES string of the molecule is NS(=O)(=O)c1ccc(NC(=O)CCN2CCN(c3ccccc3O)CC2)cc1. The first kappa shape index (κ1) is 20.1. The Labute approximate surface area is 164 Å². The number of phenolic OH excluding ortho intramolecular Hbond substituents is 1. The molecule has 0 radical (unpaired) electrons. The number of nitrogens with two attached hydrogens (primary N) is 1. The van der Waals surface area contributed by atoms with Crippen LogP contribution in [0.4, 0.5) is 11.4 Å². The smallest absolute Gasteiger partial charge is 0.238 e. The van der Waals surface area contributed by atoms with E-state index in [1.54, 1.807) is 12.1 Å². The molecule has 0 aromatic heterocycles. The number of hydrogen-bond acceptors (Lipinski definition) is 6. The van der Waals surface area contributed by atoms with Crippen LogP contribution in [0.3, 0.4) is 0 Å². The number of anilines is 2. The molecular formula is C19H24N4O4S. The first-order valence-corrected chi connectivity index (χ1v) is 10.6. The van der Waals surface area contributed by atoms with E-state index < -0.39 is 10.0 Å². The van der Waals surface area contributed by atoms with Crippen molar-refractivity contribution in [3.05, 3.63) is 48.5 Å². The summed E-state index contributed by atoms with van der Waals surface area (Å²) in [6.07, 6.45) is 0.341. The second kappa shape index (κ2) is 8.59. The summed E-state index contributed by atoms with van der Waals surface area (Å²) in [4.78, 5) is 16.5. The van der Waals surface area contributed by atoms with E-state index in [0.29, 0.717) is 18.7 Å². The van der Waals surface area contributed by atoms with Gasteiger partial charge in [-0.25, -0.2) is 13.6 Å². The van der Waals surface area contributed by atoms with E-state index in [4.69, 9.17) is 5.14 Å². The Kier molecular flexibility index (Phi) is 6.18. The lowest BCUT2D eigenvalue weighted by atomic mass is 10.2. The molecular weight excluding hydrogens is 380 g/mol. The largest absolute Gasteiger partial charge is 0.506 e. The number of piperazine rings is 1. The number of phenols is 1. The molecule has 8 nitrogen and oxygen atoms in total. The van der Waals surface area contributed by atoms with Crippen molar-refractivity contribution in [2.45, 2.75) is 11.3 Å². The van der Waals surface area contributed by atoms with E-state index in [1.165, 1.54) is 24.3 Å². The van der Waals surface area contributed by atoms with Crippen molar-refractivity contribution in [1.82, 2.24) is 4.90 Å². The predicted octanol–water partition coefficient (Wildman–Crippen LogP) is 1.19. The van der Waals surface area contributed by atoms with Crippen LogP contribution in [0.15, 0.2) is 53.4 Å². The summed E-state index contributed by atoms with van der Waals surface area (Å²) in [5.74, 6) is 0.148. The van der Waals surface area contributed by atoms with E-state index in [1.807, 2.05) is 12.1 Å². The number of carbonyl (C=O) groups is 1. The van der Waals surface area contributed by atoms with Gasteiger partial charge in [-0.1, -0.05) is 12.1 Å². The normalized spacial score (nSPS) is 15.4. The molecule has 150 valence electrons. The molecule has 0 atom stereocenters. The predicted molar refractivity (Wildman–Crippen MR) is 108 cm³/mol. The number of nitrogens with one attached hydrogen (secondary N) is 1. The van der Waals surface area contributed by atoms with Crippen LogP contribution in [-0.4, -0.2) is 57.1 Å². The Morgan fingerprint density at radius 3 is 2.29 bits per heavy atom. The van der Waals surface area contributed by atoms with E-state index in [2.05, 4.69) is 15.1 Å². The number of primary sulfonamides is 1. The third-order valence-corrected chi connectivity index (χ3v) is 5.65. The highest BCUT2D eigenvalue weighted by molar-refractivity contribution is 7.89. The maximum Gasteiger partial charge on any atom is 0.238 e. The Morgan fingerprint density at radius 2 is 1.68 bits per heavy atom. The van der Waals surface area contributed by atoms with Crippen LogP contribution in [-0.2, 0) is 14.8 Å². The second-order valence-corrected chi connectivity index (χ2v) is 8.25. The van der Waals surface area contributed by atoms with Gasteiger partial charge >= 0.3 is 0 Å². The van der Waals surface area contributed by atoms with Crippen molar-refractivity contribution in [2.75, 3.05) is 42.9 Å². The summed E-state index contributed by atoms with van der Waals surface area (Å²) in [6.45, 7) is 3.83. The van der Waals surface area contributed by atoms with Gasteiger partial charge in [-0.3, -0.25) is 9.69 Å². The van der Waals surface area contributed by atoms with Gasteiger partial charge in [0, 0.05) is 44.8 Å². The Bertz CT molecular complexity index is 923. The zero-order valence-electron chi connectivity index (χ0n) is 15.4. The fraction of sp³-hybridized carbons (Fsp3) is 0.316. The van der Waals surface area contributed by atoms with Crippen LogP contribution in [0.25, 0.3) is 0 Å². The molecule has 0 unspecified atom stereocenters. The first-order valence-electron chi connectivity index (χ1n) is 9.01. The fourth-order valence-electron chi connectivity index (χ4n) is 3.16. The van der Waals surface area contributed by atoms with E-state index >= 15 is 0 Å². The van der Waals surface area contributed by atoms with Gasteiger partial charge in [0.2, 0.25) is 15.9 Å². The third-order valence-electron chi connectivity index (χ3n) is 4.72. The minimum atomic E-state index is -3.74. The van der Waals surface area contributed by atoms with Crippen molar-refractivity contribution in [3.63, 3.8) is 0 Å². The topological polar surface area (TPSA) is 116 Å². The standard InChI is InChI=1S/C19H24N4O4S/c20-28(26,27)16-7-5-15(6-8-16)21-19(25)9-10-22-11-13-23(14-12-22)17-3-1-2-4-18(17)24/h1-8,24H,9-14H2,(H,21,25)(H2,20,26,27). The minimum absolute atomic E-state index is 0.00724. The number of aromatic hydroxyl groups is 1. The lowest BCUT2D eigenvalue weighted by molar-refractivity contribution is -0.116. The monoisotopic (exact) mass is 404 g/mol. The van der Waals surface area contributed by atoms with Gasteiger partial charge in [0.15, 0.2) is 0 Å². The van der Waals surface area contributed by atoms with Gasteiger partial charge in [-0.2, -0.15) is 0 Å². The van der Waals surface area contributed by atoms with Gasteiger partial charge in [0.05, 0.1) is 10.6 Å². The molecule has 9 heteroatoms. The average molecular weight is 404 g/mol. The van der Waals surface area contributed by atoms with E-state index in [-0.39, 0.29) is 16.6 Å². The molecule has 1 heterocycles. The maximum absolute atomic E-state index is 12.1. The Balaban J connectivity index is 1.44. The van der Waals surface area contributed by atoms with Crippen LogP contribution in [0.1, 0.15) is 6.42 Å². The van der Waals surface area contributed by atoms with Crippen LogP contribution < -0.4 is 15.4 Å². The van der Waals surface area contributed by atoms with Crippen molar-refractivity contribution < 1.29 is 18.3 Å². The Hall–Kier alpha value is -2.62. The summed E-state index contributed by atoms with van der Waals surface area (Å²) in [5.41, 5.74) is 1.37. The molecule has 2 aromatic rings. The summed E-state index contributed by atoms with van der Waals surface area (Å²) < 4.78 is 22.5. The zero-order chi connectivity index (χ0) is 20.1. The van der Waals surface area contributed by atoms with Crippen molar-refractivity contribution >= 4 is 27.3 Å². The molecule has 1 aliphatic heterocycles. The Morgan fingerprint density at radius 1 is 1.04 bits per heavy atom. The highest BCUT2D eigenvalue weighted by Crippen LogP contribution is 2.27. The van der Waals surface area contributed by atoms with Gasteiger partial charge in [-0.05, 0) is 36.4 Å². The summed E-state index contributed by atoms with van der Waals surface area (Å²) in [5, 5.41) is 17.8. The summed E-state index contributed by atoms with van der Waals surface area (Å²) in [6, 6.07) is 13.1. The number of hydrogen-bond donors (Lipinski definition) is 3. The molecule has 0 saturated carbocycles. The van der Waals surface area contributed by atoms with Gasteiger partial charge in [0.25, 0.3) is 0 Å². The number of rotatable bonds is 6. The lowest BCUT2D eigenvalue weighted by Crippen LogP contribution is -2.47. The molecule has 3 rings (SSSR count). The van der Waals surface area contributed by atoms with Crippen LogP contribution in [0.5, 0.6) is 5.75 Å². The highest BCUT2D eigenvalue weighted by Gasteiger charge is 2.19. The fourth-order valence-corrected chi connectivity index (χ4v) is 3.67. The van der Waals surface area contributed by atoms with Crippen LogP contribution >= 0.6 is 0 Å². The minimum Gasteiger partial charge on any atom is -0.506 e. The number of nitrogens with zero attached hydrogens (tertiary/aromatic N) is 2. The highest BCUT2D eigenvalue weighted by atomic mass is 32.2. The number of carbonyl (C=O) groups excluding carboxylic acids is 1. The first-order chi connectivity index (χ1) is 13.3. The lowest BCUT2D eigenvalue weighted by Gasteiger charge is -2.36. The average Bonchev–Trinajstić information content (AvgIpc) is 2.67. The number of amides is 1. The molecule has 4 N–H and O–H groups in total. The molecule has 0 aliphatic carbocycles. The maximum atomic E-state index is 12.1. The quantitative estimate of drug-likeness (QED) is 0.666. The molecule has 1 fully saturated rings. The van der Waals surface area contributed by atoms with Crippen LogP contribution in [0, 0.1) is 0 Å². The molecule has 0 bridgehead atoms. The second-order valence-electron chi connectivity index (χ2n) is 6.68. The van der Waals surface area contributed by atoms with E-state index in [9.17, 15) is 18.3 Å². The van der Waals surface area contributed by atoms with Crippen molar-refractivity contribution in [2.24, 2.45) is 5.14 Å². The number of para-hydroxylation sites is 2. The van der Waals surface area contributed by atoms with Gasteiger partial charge in [-0.15, -0.1) is 0 Å². The van der Waals surface area contributed by atoms with E-state index in [0.717, 1.165) is 31.9 Å². The third kappa shape index (κ3) is 5.22. The zero-order valence-corrected chi connectivity index (χ0v) is 16.2. The number of sulfonamides is 1. The molecule has 1 saturated heterocycles. The molecule has 1 aliphatic rings. The molecule has 0 spiro atoms. The number of benzene rings is 2. The molecule has 2 aromatic carbocycles. The van der Waals surface area contributed by atoms with Crippen molar-refractivity contribution in [1.29, 1.82) is 0 Å². The molecule has 28 heavy (non-hydrogen) atoms. The molecule has 1 amide bonds. The summed E-state index contributed by atoms with van der Waals surface area (Å²) in [7, 11) is -3.74. The van der Waals surface area contributed by atoms with Crippen molar-refractivity contribution in [3.8, 4) is 5.75 Å². The van der Waals surface area contributed by atoms with Gasteiger partial charge in [0.1, 0.15) is 5.75 Å². The van der Waals surface area contributed by atoms with Gasteiger partial charge < -0.3 is 15.3 Å². The van der Waals surface area contributed by atoms with Crippen LogP contribution in [0.2, 0.25) is 0 Å². The summed E-state index contributed by atoms with van der Waals surface area (Å²) >= 11 is 0.